The van der Waals surface area contributed by atoms with Crippen LogP contribution in [0, 0.1) is 11.8 Å². The molecule has 0 aromatic heterocycles. The summed E-state index contributed by atoms with van der Waals surface area (Å²) in [6, 6.07) is 0. The lowest BCUT2D eigenvalue weighted by Crippen LogP contribution is -1.92. The third-order valence-corrected chi connectivity index (χ3v) is 2.19. The van der Waals surface area contributed by atoms with Gasteiger partial charge < -0.3 is 0 Å². The van der Waals surface area contributed by atoms with Gasteiger partial charge in [0.2, 0.25) is 0 Å². The molecule has 0 aromatic carbocycles. The Kier molecular flexibility index (Phi) is 0.561. The van der Waals surface area contributed by atoms with Crippen molar-refractivity contribution in [2.45, 2.75) is 25.4 Å². The van der Waals surface area contributed by atoms with Crippen molar-refractivity contribution < 1.29 is 4.39 Å². The summed E-state index contributed by atoms with van der Waals surface area (Å²) in [7, 11) is 0. The van der Waals surface area contributed by atoms with Gasteiger partial charge in [0.25, 0.3) is 0 Å². The monoisotopic (exact) mass is 100 g/mol. The van der Waals surface area contributed by atoms with Crippen molar-refractivity contribution in [3.05, 3.63) is 0 Å². The molecule has 2 fully saturated rings. The summed E-state index contributed by atoms with van der Waals surface area (Å²) in [4.78, 5) is 0. The van der Waals surface area contributed by atoms with Gasteiger partial charge in [-0.05, 0) is 31.1 Å². The predicted molar refractivity (Wildman–Crippen MR) is 25.7 cm³/mol. The molecule has 2 atom stereocenters. The van der Waals surface area contributed by atoms with Gasteiger partial charge in [0.1, 0.15) is 6.17 Å². The van der Waals surface area contributed by atoms with E-state index < -0.39 is 6.17 Å². The fourth-order valence-electron chi connectivity index (χ4n) is 1.64. The third kappa shape index (κ3) is 0.472. The van der Waals surface area contributed by atoms with Gasteiger partial charge in [-0.3, -0.25) is 0 Å². The van der Waals surface area contributed by atoms with Gasteiger partial charge in [0.05, 0.1) is 0 Å². The third-order valence-electron chi connectivity index (χ3n) is 2.19. The quantitative estimate of drug-likeness (QED) is 0.435. The van der Waals surface area contributed by atoms with Gasteiger partial charge in [-0.15, -0.1) is 0 Å². The summed E-state index contributed by atoms with van der Waals surface area (Å²) < 4.78 is 12.2. The minimum absolute atomic E-state index is 0.427. The van der Waals surface area contributed by atoms with Crippen molar-refractivity contribution in [1.82, 2.24) is 0 Å². The summed E-state index contributed by atoms with van der Waals surface area (Å²) in [5.74, 6) is 1.63. The minimum atomic E-state index is -0.427. The highest BCUT2D eigenvalue weighted by Gasteiger charge is 2.45. The fraction of sp³-hybridized carbons (Fsp3) is 1.00. The van der Waals surface area contributed by atoms with Crippen molar-refractivity contribution >= 4 is 0 Å². The Bertz CT molecular complexity index is 80.2. The van der Waals surface area contributed by atoms with Crippen LogP contribution in [0.1, 0.15) is 19.3 Å². The largest absolute Gasteiger partial charge is 0.247 e. The highest BCUT2D eigenvalue weighted by molar-refractivity contribution is 4.95. The molecule has 2 saturated carbocycles. The predicted octanol–water partition coefficient (Wildman–Crippen LogP) is 1.75. The van der Waals surface area contributed by atoms with Gasteiger partial charge in [-0.1, -0.05) is 0 Å². The van der Waals surface area contributed by atoms with E-state index in [2.05, 4.69) is 0 Å². The van der Waals surface area contributed by atoms with Crippen LogP contribution in [0.25, 0.3) is 0 Å². The van der Waals surface area contributed by atoms with E-state index in [9.17, 15) is 4.39 Å². The maximum absolute atomic E-state index is 12.2. The van der Waals surface area contributed by atoms with Crippen LogP contribution in [0.4, 0.5) is 4.39 Å². The number of halogens is 1. The number of alkyl halides is 1. The van der Waals surface area contributed by atoms with Gasteiger partial charge in [-0.25, -0.2) is 4.39 Å². The average molecular weight is 100 g/mol. The van der Waals surface area contributed by atoms with E-state index in [-0.39, 0.29) is 0 Å². The zero-order valence-corrected chi connectivity index (χ0v) is 4.23. The molecule has 2 aliphatic carbocycles. The summed E-state index contributed by atoms with van der Waals surface area (Å²) in [5, 5.41) is 0. The topological polar surface area (TPSA) is 0 Å². The second-order valence-corrected chi connectivity index (χ2v) is 2.82. The zero-order valence-electron chi connectivity index (χ0n) is 4.23. The zero-order chi connectivity index (χ0) is 4.85. The summed E-state index contributed by atoms with van der Waals surface area (Å²) >= 11 is 0. The Labute approximate surface area is 42.7 Å². The molecule has 0 amide bonds. The van der Waals surface area contributed by atoms with Crippen LogP contribution in [0.2, 0.25) is 0 Å². The van der Waals surface area contributed by atoms with Crippen molar-refractivity contribution in [2.75, 3.05) is 0 Å². The minimum Gasteiger partial charge on any atom is -0.247 e. The molecule has 2 aliphatic rings. The second kappa shape index (κ2) is 1.01. The van der Waals surface area contributed by atoms with Crippen LogP contribution in [0.5, 0.6) is 0 Å². The molecule has 1 heteroatoms. The number of rotatable bonds is 0. The Balaban J connectivity index is 2.02. The summed E-state index contributed by atoms with van der Waals surface area (Å²) in [6.07, 6.45) is 2.67. The molecule has 2 unspecified atom stereocenters. The molecular weight excluding hydrogens is 91.1 g/mol. The van der Waals surface area contributed by atoms with Crippen LogP contribution in [-0.2, 0) is 0 Å². The molecule has 0 aliphatic heterocycles. The molecule has 0 nitrogen and oxygen atoms in total. The SMILES string of the molecule is FC1CC2CC2C1. The van der Waals surface area contributed by atoms with Crippen molar-refractivity contribution in [2.24, 2.45) is 11.8 Å². The van der Waals surface area contributed by atoms with Crippen molar-refractivity contribution in [3.8, 4) is 0 Å². The van der Waals surface area contributed by atoms with Gasteiger partial charge in [0.15, 0.2) is 0 Å². The van der Waals surface area contributed by atoms with Crippen molar-refractivity contribution in [1.29, 1.82) is 0 Å². The van der Waals surface area contributed by atoms with E-state index >= 15 is 0 Å². The van der Waals surface area contributed by atoms with E-state index in [4.69, 9.17) is 0 Å². The molecule has 0 spiro atoms. The Hall–Kier alpha value is -0.0700. The Morgan fingerprint density at radius 2 is 1.57 bits per heavy atom. The molecule has 0 radical (unpaired) electrons. The van der Waals surface area contributed by atoms with E-state index in [1.54, 1.807) is 0 Å². The highest BCUT2D eigenvalue weighted by Crippen LogP contribution is 2.52. The average Bonchev–Trinajstić information content (AvgIpc) is 2.15. The van der Waals surface area contributed by atoms with E-state index in [0.717, 1.165) is 24.7 Å². The van der Waals surface area contributed by atoms with Gasteiger partial charge >= 0.3 is 0 Å². The molecule has 0 N–H and O–H groups in total. The summed E-state index contributed by atoms with van der Waals surface area (Å²) in [6.45, 7) is 0. The molecule has 0 heterocycles. The summed E-state index contributed by atoms with van der Waals surface area (Å²) in [5.41, 5.74) is 0. The lowest BCUT2D eigenvalue weighted by molar-refractivity contribution is 0.316. The molecular formula is C6H9F. The maximum Gasteiger partial charge on any atom is 0.101 e. The molecule has 0 aromatic rings. The smallest absolute Gasteiger partial charge is 0.101 e. The highest BCUT2D eigenvalue weighted by atomic mass is 19.1. The van der Waals surface area contributed by atoms with Crippen LogP contribution in [0.3, 0.4) is 0 Å². The number of hydrogen-bond acceptors (Lipinski definition) is 0. The number of hydrogen-bond donors (Lipinski definition) is 0. The first-order valence-electron chi connectivity index (χ1n) is 3.00. The first kappa shape index (κ1) is 3.88. The first-order valence-corrected chi connectivity index (χ1v) is 3.00. The Morgan fingerprint density at radius 3 is 1.86 bits per heavy atom. The molecule has 40 valence electrons. The normalized spacial score (nSPS) is 57.0. The van der Waals surface area contributed by atoms with Crippen LogP contribution in [0.15, 0.2) is 0 Å². The Morgan fingerprint density at radius 1 is 1.00 bits per heavy atom. The van der Waals surface area contributed by atoms with Crippen molar-refractivity contribution in [3.63, 3.8) is 0 Å². The lowest BCUT2D eigenvalue weighted by Gasteiger charge is -1.94. The van der Waals surface area contributed by atoms with E-state index in [0.29, 0.717) is 0 Å². The molecule has 0 bridgehead atoms. The van der Waals surface area contributed by atoms with E-state index in [1.165, 1.54) is 6.42 Å². The first-order chi connectivity index (χ1) is 3.36. The molecule has 0 saturated heterocycles. The maximum atomic E-state index is 12.2. The number of fused-ring (bicyclic) bond motifs is 1. The standard InChI is InChI=1S/C6H9F/c7-6-2-4-1-5(4)3-6/h4-6H,1-3H2. The van der Waals surface area contributed by atoms with Gasteiger partial charge in [0, 0.05) is 0 Å². The van der Waals surface area contributed by atoms with Crippen LogP contribution < -0.4 is 0 Å². The van der Waals surface area contributed by atoms with Crippen LogP contribution in [-0.4, -0.2) is 6.17 Å². The van der Waals surface area contributed by atoms with Gasteiger partial charge in [-0.2, -0.15) is 0 Å². The second-order valence-electron chi connectivity index (χ2n) is 2.82. The lowest BCUT2D eigenvalue weighted by atomic mass is 10.2. The van der Waals surface area contributed by atoms with Crippen LogP contribution >= 0.6 is 0 Å². The fourth-order valence-corrected chi connectivity index (χ4v) is 1.64. The van der Waals surface area contributed by atoms with E-state index in [1.807, 2.05) is 0 Å². The molecule has 7 heavy (non-hydrogen) atoms. The molecule has 2 rings (SSSR count).